The first kappa shape index (κ1) is 14.2. The summed E-state index contributed by atoms with van der Waals surface area (Å²) in [4.78, 5) is 17.2. The van der Waals surface area contributed by atoms with E-state index in [2.05, 4.69) is 36.8 Å². The molecule has 0 saturated carbocycles. The van der Waals surface area contributed by atoms with Gasteiger partial charge in [-0.25, -0.2) is 13.4 Å². The van der Waals surface area contributed by atoms with Crippen LogP contribution in [0.25, 0.3) is 0 Å². The zero-order valence-corrected chi connectivity index (χ0v) is 13.6. The Morgan fingerprint density at radius 2 is 2.11 bits per heavy atom. The first-order chi connectivity index (χ1) is 8.29. The van der Waals surface area contributed by atoms with E-state index in [9.17, 15) is 13.2 Å². The van der Waals surface area contributed by atoms with E-state index in [1.54, 1.807) is 6.07 Å². The topological polar surface area (TPSA) is 67.3 Å². The summed E-state index contributed by atoms with van der Waals surface area (Å²) in [5.41, 5.74) is 0. The minimum Gasteiger partial charge on any atom is -0.294 e. The average molecular weight is 418 g/mol. The van der Waals surface area contributed by atoms with Crippen molar-refractivity contribution in [3.05, 3.63) is 21.2 Å². The lowest BCUT2D eigenvalue weighted by molar-refractivity contribution is -0.117. The normalized spacial score (nSPS) is 20.5. The Hall–Kier alpha value is -0.180. The molecule has 1 aliphatic rings. The molecule has 0 aromatic carbocycles. The average Bonchev–Trinajstić information content (AvgIpc) is 2.60. The lowest BCUT2D eigenvalue weighted by Gasteiger charge is -2.16. The van der Waals surface area contributed by atoms with Crippen molar-refractivity contribution in [2.45, 2.75) is 11.7 Å². The van der Waals surface area contributed by atoms with Crippen molar-refractivity contribution >= 4 is 63.3 Å². The summed E-state index contributed by atoms with van der Waals surface area (Å²) in [7, 11) is 1.54. The van der Waals surface area contributed by atoms with E-state index in [0.717, 1.165) is 4.47 Å². The molecule has 2 rings (SSSR count). The fraction of sp³-hybridized carbons (Fsp3) is 0.333. The molecule has 98 valence electrons. The molecule has 9 heteroatoms. The van der Waals surface area contributed by atoms with E-state index < -0.39 is 14.3 Å². The molecule has 1 atom stereocenters. The van der Waals surface area contributed by atoms with Gasteiger partial charge in [0, 0.05) is 34.3 Å². The standard InChI is InChI=1S/C9H7Br2ClN2O3S/c10-5-1-7(11)9(13-3-5)14-4-6(2-8(14)15)18(12,16)17/h1,3,6H,2,4H2. The molecule has 1 aromatic rings. The number of pyridine rings is 1. The predicted octanol–water partition coefficient (Wildman–Crippen LogP) is 2.28. The fourth-order valence-corrected chi connectivity index (χ4v) is 3.90. The summed E-state index contributed by atoms with van der Waals surface area (Å²) in [6, 6.07) is 1.73. The minimum absolute atomic E-state index is 0.0257. The summed E-state index contributed by atoms with van der Waals surface area (Å²) in [6.45, 7) is 0.0257. The lowest BCUT2D eigenvalue weighted by Crippen LogP contribution is -2.27. The van der Waals surface area contributed by atoms with Crippen LogP contribution in [0.3, 0.4) is 0 Å². The number of aromatic nitrogens is 1. The van der Waals surface area contributed by atoms with Gasteiger partial charge in [-0.2, -0.15) is 0 Å². The number of halogens is 3. The SMILES string of the molecule is O=C1CC(S(=O)(=O)Cl)CN1c1ncc(Br)cc1Br. The third kappa shape index (κ3) is 2.87. The van der Waals surface area contributed by atoms with E-state index in [1.807, 2.05) is 0 Å². The number of anilines is 1. The molecule has 1 aliphatic heterocycles. The van der Waals surface area contributed by atoms with Gasteiger partial charge >= 0.3 is 0 Å². The molecule has 0 N–H and O–H groups in total. The van der Waals surface area contributed by atoms with Gasteiger partial charge in [-0.05, 0) is 37.9 Å². The van der Waals surface area contributed by atoms with Crippen LogP contribution in [0.4, 0.5) is 5.82 Å². The minimum atomic E-state index is -3.74. The highest BCUT2D eigenvalue weighted by Gasteiger charge is 2.39. The molecule has 5 nitrogen and oxygen atoms in total. The van der Waals surface area contributed by atoms with E-state index in [0.29, 0.717) is 10.3 Å². The molecule has 2 heterocycles. The van der Waals surface area contributed by atoms with Gasteiger partial charge in [0.15, 0.2) is 0 Å². The van der Waals surface area contributed by atoms with Crippen LogP contribution in [0, 0.1) is 0 Å². The van der Waals surface area contributed by atoms with Crippen LogP contribution >= 0.6 is 42.5 Å². The van der Waals surface area contributed by atoms with Gasteiger partial charge in [-0.1, -0.05) is 0 Å². The van der Waals surface area contributed by atoms with Crippen molar-refractivity contribution in [2.75, 3.05) is 11.4 Å². The number of carbonyl (C=O) groups excluding carboxylic acids is 1. The van der Waals surface area contributed by atoms with Crippen LogP contribution in [-0.2, 0) is 13.8 Å². The Morgan fingerprint density at radius 3 is 2.61 bits per heavy atom. The monoisotopic (exact) mass is 416 g/mol. The Labute approximate surface area is 125 Å². The van der Waals surface area contributed by atoms with Crippen molar-refractivity contribution in [1.82, 2.24) is 4.98 Å². The number of hydrogen-bond acceptors (Lipinski definition) is 4. The number of rotatable bonds is 2. The van der Waals surface area contributed by atoms with E-state index in [4.69, 9.17) is 10.7 Å². The van der Waals surface area contributed by atoms with Crippen molar-refractivity contribution in [2.24, 2.45) is 0 Å². The molecular formula is C9H7Br2ClN2O3S. The van der Waals surface area contributed by atoms with Gasteiger partial charge in [0.1, 0.15) is 11.1 Å². The number of nitrogens with zero attached hydrogens (tertiary/aromatic N) is 2. The van der Waals surface area contributed by atoms with Crippen LogP contribution in [-0.4, -0.2) is 31.1 Å². The van der Waals surface area contributed by atoms with Gasteiger partial charge in [0.05, 0.1) is 4.47 Å². The molecule has 1 amide bonds. The first-order valence-corrected chi connectivity index (χ1v) is 8.80. The Kier molecular flexibility index (Phi) is 4.01. The second-order valence-electron chi connectivity index (χ2n) is 3.77. The van der Waals surface area contributed by atoms with Crippen LogP contribution in [0.15, 0.2) is 21.2 Å². The highest BCUT2D eigenvalue weighted by Crippen LogP contribution is 2.31. The Bertz CT molecular complexity index is 608. The van der Waals surface area contributed by atoms with Crippen LogP contribution in [0.5, 0.6) is 0 Å². The highest BCUT2D eigenvalue weighted by atomic mass is 79.9. The molecule has 1 fully saturated rings. The maximum Gasteiger partial charge on any atom is 0.237 e. The molecule has 0 spiro atoms. The molecule has 0 radical (unpaired) electrons. The molecule has 0 aliphatic carbocycles. The highest BCUT2D eigenvalue weighted by molar-refractivity contribution is 9.11. The van der Waals surface area contributed by atoms with Gasteiger partial charge in [0.2, 0.25) is 15.0 Å². The van der Waals surface area contributed by atoms with Crippen molar-refractivity contribution in [3.8, 4) is 0 Å². The predicted molar refractivity (Wildman–Crippen MR) is 75.2 cm³/mol. The molecule has 1 saturated heterocycles. The van der Waals surface area contributed by atoms with Crippen molar-refractivity contribution in [1.29, 1.82) is 0 Å². The third-order valence-corrected chi connectivity index (χ3v) is 5.42. The quantitative estimate of drug-likeness (QED) is 0.691. The van der Waals surface area contributed by atoms with Gasteiger partial charge in [-0.15, -0.1) is 0 Å². The van der Waals surface area contributed by atoms with Crippen LogP contribution < -0.4 is 4.90 Å². The van der Waals surface area contributed by atoms with Gasteiger partial charge < -0.3 is 0 Å². The van der Waals surface area contributed by atoms with Crippen LogP contribution in [0.2, 0.25) is 0 Å². The number of hydrogen-bond donors (Lipinski definition) is 0. The maximum atomic E-state index is 11.8. The summed E-state index contributed by atoms with van der Waals surface area (Å²) in [5.74, 6) is 0.0887. The Morgan fingerprint density at radius 1 is 1.44 bits per heavy atom. The van der Waals surface area contributed by atoms with E-state index in [1.165, 1.54) is 11.1 Å². The Balaban J connectivity index is 2.33. The zero-order valence-electron chi connectivity index (χ0n) is 8.81. The second kappa shape index (κ2) is 5.07. The summed E-state index contributed by atoms with van der Waals surface area (Å²) in [6.07, 6.45) is 1.42. The smallest absolute Gasteiger partial charge is 0.237 e. The zero-order chi connectivity index (χ0) is 13.5. The largest absolute Gasteiger partial charge is 0.294 e. The lowest BCUT2D eigenvalue weighted by atomic mass is 10.4. The van der Waals surface area contributed by atoms with Gasteiger partial charge in [0.25, 0.3) is 0 Å². The van der Waals surface area contributed by atoms with Crippen LogP contribution in [0.1, 0.15) is 6.42 Å². The number of amides is 1. The van der Waals surface area contributed by atoms with E-state index >= 15 is 0 Å². The molecular weight excluding hydrogens is 411 g/mol. The van der Waals surface area contributed by atoms with Crippen molar-refractivity contribution < 1.29 is 13.2 Å². The van der Waals surface area contributed by atoms with Crippen molar-refractivity contribution in [3.63, 3.8) is 0 Å². The summed E-state index contributed by atoms with van der Waals surface area (Å²) < 4.78 is 23.8. The molecule has 1 aromatic heterocycles. The molecule has 0 bridgehead atoms. The fourth-order valence-electron chi connectivity index (χ4n) is 1.67. The number of carbonyl (C=O) groups is 1. The maximum absolute atomic E-state index is 11.8. The molecule has 18 heavy (non-hydrogen) atoms. The summed E-state index contributed by atoms with van der Waals surface area (Å²) in [5, 5.41) is -0.885. The summed E-state index contributed by atoms with van der Waals surface area (Å²) >= 11 is 6.54. The molecule has 1 unspecified atom stereocenters. The van der Waals surface area contributed by atoms with E-state index in [-0.39, 0.29) is 18.9 Å². The second-order valence-corrected chi connectivity index (χ2v) is 8.44. The first-order valence-electron chi connectivity index (χ1n) is 4.84. The van der Waals surface area contributed by atoms with Gasteiger partial charge in [-0.3, -0.25) is 9.69 Å². The third-order valence-electron chi connectivity index (χ3n) is 2.53.